The highest BCUT2D eigenvalue weighted by atomic mass is 16.5. The van der Waals surface area contributed by atoms with Crippen molar-refractivity contribution in [2.24, 2.45) is 0 Å². The zero-order valence-corrected chi connectivity index (χ0v) is 13.5. The summed E-state index contributed by atoms with van der Waals surface area (Å²) in [5.41, 5.74) is 0. The van der Waals surface area contributed by atoms with Crippen LogP contribution in [0, 0.1) is 0 Å². The highest BCUT2D eigenvalue weighted by Gasteiger charge is 2.32. The summed E-state index contributed by atoms with van der Waals surface area (Å²) in [6.07, 6.45) is 2.40. The Morgan fingerprint density at radius 1 is 1.45 bits per heavy atom. The molecule has 1 unspecified atom stereocenters. The van der Waals surface area contributed by atoms with Crippen LogP contribution < -0.4 is 5.32 Å². The van der Waals surface area contributed by atoms with E-state index in [4.69, 9.17) is 4.74 Å². The van der Waals surface area contributed by atoms with Gasteiger partial charge in [-0.3, -0.25) is 9.69 Å². The Bertz CT molecular complexity index is 284. The van der Waals surface area contributed by atoms with Crippen LogP contribution in [0.2, 0.25) is 0 Å². The van der Waals surface area contributed by atoms with Crippen molar-refractivity contribution in [3.63, 3.8) is 0 Å². The fourth-order valence-corrected chi connectivity index (χ4v) is 2.34. The van der Waals surface area contributed by atoms with Crippen molar-refractivity contribution in [1.29, 1.82) is 0 Å². The van der Waals surface area contributed by atoms with Crippen LogP contribution in [0.3, 0.4) is 0 Å². The van der Waals surface area contributed by atoms with E-state index in [1.165, 1.54) is 0 Å². The molecule has 1 N–H and O–H groups in total. The van der Waals surface area contributed by atoms with E-state index in [2.05, 4.69) is 29.1 Å². The number of hydrogen-bond donors (Lipinski definition) is 1. The molecule has 1 fully saturated rings. The van der Waals surface area contributed by atoms with Crippen LogP contribution in [0.1, 0.15) is 33.6 Å². The number of rotatable bonds is 10. The van der Waals surface area contributed by atoms with Gasteiger partial charge in [0.25, 0.3) is 0 Å². The van der Waals surface area contributed by atoms with Crippen LogP contribution in [0.5, 0.6) is 0 Å². The van der Waals surface area contributed by atoms with E-state index in [1.807, 2.05) is 13.8 Å². The molecule has 1 heterocycles. The monoisotopic (exact) mass is 285 g/mol. The van der Waals surface area contributed by atoms with Gasteiger partial charge in [0.2, 0.25) is 5.91 Å². The van der Waals surface area contributed by atoms with Crippen molar-refractivity contribution in [2.75, 3.05) is 46.4 Å². The molecule has 0 aliphatic carbocycles. The van der Waals surface area contributed by atoms with E-state index in [0.717, 1.165) is 45.6 Å². The highest BCUT2D eigenvalue weighted by Crippen LogP contribution is 2.17. The molecular weight excluding hydrogens is 254 g/mol. The number of hydrogen-bond acceptors (Lipinski definition) is 4. The molecule has 1 saturated heterocycles. The molecule has 0 bridgehead atoms. The van der Waals surface area contributed by atoms with Gasteiger partial charge in [-0.05, 0) is 40.3 Å². The second kappa shape index (κ2) is 9.32. The van der Waals surface area contributed by atoms with Crippen molar-refractivity contribution in [3.8, 4) is 0 Å². The van der Waals surface area contributed by atoms with E-state index in [0.29, 0.717) is 6.54 Å². The summed E-state index contributed by atoms with van der Waals surface area (Å²) >= 11 is 0. The quantitative estimate of drug-likeness (QED) is 0.649. The molecule has 5 heteroatoms. The van der Waals surface area contributed by atoms with Gasteiger partial charge in [-0.25, -0.2) is 0 Å². The fraction of sp³-hybridized carbons (Fsp3) is 0.933. The molecule has 0 spiro atoms. The highest BCUT2D eigenvalue weighted by molar-refractivity contribution is 5.82. The van der Waals surface area contributed by atoms with Crippen LogP contribution in [0.4, 0.5) is 0 Å². The molecule has 20 heavy (non-hydrogen) atoms. The number of carbonyl (C=O) groups is 1. The maximum Gasteiger partial charge on any atom is 0.237 e. The van der Waals surface area contributed by atoms with Crippen molar-refractivity contribution in [2.45, 2.75) is 45.8 Å². The van der Waals surface area contributed by atoms with Gasteiger partial charge in [0.15, 0.2) is 0 Å². The summed E-state index contributed by atoms with van der Waals surface area (Å²) in [5, 5.41) is 3.04. The first kappa shape index (κ1) is 17.4. The number of carbonyl (C=O) groups excluding carboxylic acids is 1. The lowest BCUT2D eigenvalue weighted by atomic mass is 10.0. The number of likely N-dealkylation sites (tertiary alicyclic amines) is 1. The Hall–Kier alpha value is -0.650. The summed E-state index contributed by atoms with van der Waals surface area (Å²) in [6, 6.07) is 0.115. The summed E-state index contributed by atoms with van der Waals surface area (Å²) in [6.45, 7) is 11.6. The molecule has 0 aromatic rings. The number of likely N-dealkylation sites (N-methyl/N-ethyl adjacent to an activating group) is 1. The third kappa shape index (κ3) is 6.20. The van der Waals surface area contributed by atoms with Gasteiger partial charge in [0.1, 0.15) is 0 Å². The Morgan fingerprint density at radius 3 is 2.75 bits per heavy atom. The zero-order chi connectivity index (χ0) is 15.0. The maximum absolute atomic E-state index is 12.0. The van der Waals surface area contributed by atoms with Gasteiger partial charge < -0.3 is 15.0 Å². The summed E-state index contributed by atoms with van der Waals surface area (Å²) in [5.74, 6) is 0.191. The minimum absolute atomic E-state index is 0.115. The summed E-state index contributed by atoms with van der Waals surface area (Å²) < 4.78 is 5.51. The SMILES string of the molecule is CCCN1CCC1C(=O)NCCN(C)CCOC(C)C. The van der Waals surface area contributed by atoms with Gasteiger partial charge >= 0.3 is 0 Å². The van der Waals surface area contributed by atoms with Crippen molar-refractivity contribution in [1.82, 2.24) is 15.1 Å². The Morgan fingerprint density at radius 2 is 2.20 bits per heavy atom. The van der Waals surface area contributed by atoms with Crippen LogP contribution in [-0.4, -0.2) is 74.2 Å². The molecule has 0 aromatic carbocycles. The minimum atomic E-state index is 0.115. The standard InChI is InChI=1S/C15H31N3O2/c1-5-8-18-9-6-14(18)15(19)16-7-10-17(4)11-12-20-13(2)3/h13-14H,5-12H2,1-4H3,(H,16,19). The fourth-order valence-electron chi connectivity index (χ4n) is 2.34. The molecule has 1 aliphatic rings. The number of ether oxygens (including phenoxy) is 1. The first-order valence-corrected chi connectivity index (χ1v) is 7.86. The van der Waals surface area contributed by atoms with E-state index >= 15 is 0 Å². The molecule has 0 saturated carbocycles. The average molecular weight is 285 g/mol. The Kier molecular flexibility index (Phi) is 8.11. The molecule has 1 amide bonds. The van der Waals surface area contributed by atoms with Gasteiger partial charge in [0.05, 0.1) is 18.8 Å². The lowest BCUT2D eigenvalue weighted by molar-refractivity contribution is -0.130. The third-order valence-electron chi connectivity index (χ3n) is 3.66. The minimum Gasteiger partial charge on any atom is -0.377 e. The predicted molar refractivity (Wildman–Crippen MR) is 81.9 cm³/mol. The lowest BCUT2D eigenvalue weighted by Gasteiger charge is -2.39. The van der Waals surface area contributed by atoms with Crippen LogP contribution in [0.25, 0.3) is 0 Å². The van der Waals surface area contributed by atoms with Gasteiger partial charge in [-0.2, -0.15) is 0 Å². The van der Waals surface area contributed by atoms with Crippen LogP contribution in [0.15, 0.2) is 0 Å². The molecule has 1 aliphatic heterocycles. The smallest absolute Gasteiger partial charge is 0.237 e. The van der Waals surface area contributed by atoms with E-state index in [9.17, 15) is 4.79 Å². The first-order valence-electron chi connectivity index (χ1n) is 7.86. The second-order valence-electron chi connectivity index (χ2n) is 5.85. The van der Waals surface area contributed by atoms with E-state index in [-0.39, 0.29) is 18.1 Å². The predicted octanol–water partition coefficient (Wildman–Crippen LogP) is 0.944. The average Bonchev–Trinajstić information content (AvgIpc) is 2.34. The van der Waals surface area contributed by atoms with Gasteiger partial charge in [0, 0.05) is 26.2 Å². The third-order valence-corrected chi connectivity index (χ3v) is 3.66. The largest absolute Gasteiger partial charge is 0.377 e. The molecule has 0 aromatic heterocycles. The lowest BCUT2D eigenvalue weighted by Crippen LogP contribution is -2.56. The summed E-state index contributed by atoms with van der Waals surface area (Å²) in [4.78, 5) is 16.4. The first-order chi connectivity index (χ1) is 9.54. The molecule has 118 valence electrons. The van der Waals surface area contributed by atoms with E-state index in [1.54, 1.807) is 0 Å². The molecule has 5 nitrogen and oxygen atoms in total. The number of amides is 1. The normalized spacial score (nSPS) is 19.4. The molecule has 1 atom stereocenters. The van der Waals surface area contributed by atoms with Crippen LogP contribution >= 0.6 is 0 Å². The van der Waals surface area contributed by atoms with Crippen LogP contribution in [-0.2, 0) is 9.53 Å². The molecule has 0 radical (unpaired) electrons. The van der Waals surface area contributed by atoms with Crippen molar-refractivity contribution in [3.05, 3.63) is 0 Å². The Balaban J connectivity index is 2.06. The van der Waals surface area contributed by atoms with Crippen molar-refractivity contribution >= 4 is 5.91 Å². The Labute approximate surface area is 123 Å². The second-order valence-corrected chi connectivity index (χ2v) is 5.85. The summed E-state index contributed by atoms with van der Waals surface area (Å²) in [7, 11) is 2.06. The van der Waals surface area contributed by atoms with Crippen molar-refractivity contribution < 1.29 is 9.53 Å². The zero-order valence-electron chi connectivity index (χ0n) is 13.5. The number of nitrogens with one attached hydrogen (secondary N) is 1. The van der Waals surface area contributed by atoms with Gasteiger partial charge in [-0.15, -0.1) is 0 Å². The van der Waals surface area contributed by atoms with E-state index < -0.39 is 0 Å². The van der Waals surface area contributed by atoms with Gasteiger partial charge in [-0.1, -0.05) is 6.92 Å². The molecular formula is C15H31N3O2. The molecule has 1 rings (SSSR count). The maximum atomic E-state index is 12.0. The topological polar surface area (TPSA) is 44.8 Å². The number of nitrogens with zero attached hydrogens (tertiary/aromatic N) is 2.